The van der Waals surface area contributed by atoms with Gasteiger partial charge in [-0.25, -0.2) is 0 Å². The Kier molecular flexibility index (Phi) is 3.31. The molecule has 1 fully saturated rings. The first-order valence-electron chi connectivity index (χ1n) is 7.76. The van der Waals surface area contributed by atoms with Crippen molar-refractivity contribution in [3.63, 3.8) is 0 Å². The Hall–Kier alpha value is -2.33. The van der Waals surface area contributed by atoms with Crippen LogP contribution in [0.3, 0.4) is 0 Å². The molecule has 0 radical (unpaired) electrons. The van der Waals surface area contributed by atoms with Gasteiger partial charge >= 0.3 is 0 Å². The summed E-state index contributed by atoms with van der Waals surface area (Å²) in [6.07, 6.45) is 3.62. The van der Waals surface area contributed by atoms with Gasteiger partial charge in [0.1, 0.15) is 0 Å². The third kappa shape index (κ3) is 2.46. The number of hydrogen-bond acceptors (Lipinski definition) is 3. The summed E-state index contributed by atoms with van der Waals surface area (Å²) in [5, 5.41) is 19.9. The highest BCUT2D eigenvalue weighted by Gasteiger charge is 2.22. The maximum absolute atomic E-state index is 9.73. The Balaban J connectivity index is 1.67. The lowest BCUT2D eigenvalue weighted by molar-refractivity contribution is 0.147. The molecule has 0 amide bonds. The monoisotopic (exact) mass is 293 g/mol. The fourth-order valence-electron chi connectivity index (χ4n) is 3.35. The molecule has 1 saturated heterocycles. The van der Waals surface area contributed by atoms with Crippen molar-refractivity contribution in [2.45, 2.75) is 18.8 Å². The van der Waals surface area contributed by atoms with Crippen molar-refractivity contribution < 1.29 is 5.21 Å². The Labute approximate surface area is 129 Å². The lowest BCUT2D eigenvalue weighted by Crippen LogP contribution is -2.08. The Morgan fingerprint density at radius 2 is 2.05 bits per heavy atom. The van der Waals surface area contributed by atoms with Crippen LogP contribution in [0.5, 0.6) is 0 Å². The number of benzene rings is 2. The van der Waals surface area contributed by atoms with Crippen LogP contribution in [0.1, 0.15) is 29.2 Å². The van der Waals surface area contributed by atoms with Gasteiger partial charge in [-0.15, -0.1) is 9.94 Å². The summed E-state index contributed by atoms with van der Waals surface area (Å²) in [4.78, 5) is 0.962. The molecule has 112 valence electrons. The number of nitrogens with zero attached hydrogens (tertiary/aromatic N) is 2. The SMILES string of the molecule is On1cc(C2CCNC2)c(Cc2ccc3ccccc3c2)n1. The highest BCUT2D eigenvalue weighted by Crippen LogP contribution is 2.27. The molecule has 2 heterocycles. The van der Waals surface area contributed by atoms with Gasteiger partial charge in [0, 0.05) is 24.4 Å². The molecule has 4 heteroatoms. The molecule has 2 aromatic carbocycles. The lowest BCUT2D eigenvalue weighted by atomic mass is 9.95. The summed E-state index contributed by atoms with van der Waals surface area (Å²) in [5.41, 5.74) is 3.37. The lowest BCUT2D eigenvalue weighted by Gasteiger charge is -2.08. The van der Waals surface area contributed by atoms with Crippen molar-refractivity contribution in [1.82, 2.24) is 15.3 Å². The summed E-state index contributed by atoms with van der Waals surface area (Å²) in [6.45, 7) is 2.01. The molecule has 22 heavy (non-hydrogen) atoms. The van der Waals surface area contributed by atoms with Gasteiger partial charge < -0.3 is 10.5 Å². The second-order valence-corrected chi connectivity index (χ2v) is 6.00. The average molecular weight is 293 g/mol. The van der Waals surface area contributed by atoms with E-state index in [4.69, 9.17) is 0 Å². The molecule has 1 aliphatic heterocycles. The van der Waals surface area contributed by atoms with Crippen molar-refractivity contribution >= 4 is 10.8 Å². The number of hydrogen-bond donors (Lipinski definition) is 2. The van der Waals surface area contributed by atoms with Crippen LogP contribution in [-0.2, 0) is 6.42 Å². The van der Waals surface area contributed by atoms with Crippen LogP contribution in [-0.4, -0.2) is 28.2 Å². The highest BCUT2D eigenvalue weighted by atomic mass is 16.5. The fourth-order valence-corrected chi connectivity index (χ4v) is 3.35. The van der Waals surface area contributed by atoms with Gasteiger partial charge in [-0.1, -0.05) is 42.5 Å². The van der Waals surface area contributed by atoms with E-state index < -0.39 is 0 Å². The normalized spacial score (nSPS) is 18.1. The highest BCUT2D eigenvalue weighted by molar-refractivity contribution is 5.83. The summed E-state index contributed by atoms with van der Waals surface area (Å²) in [5.74, 6) is 0.455. The van der Waals surface area contributed by atoms with Gasteiger partial charge in [-0.2, -0.15) is 0 Å². The zero-order chi connectivity index (χ0) is 14.9. The molecule has 1 aromatic heterocycles. The van der Waals surface area contributed by atoms with Gasteiger partial charge in [0.25, 0.3) is 0 Å². The maximum Gasteiger partial charge on any atom is 0.0739 e. The van der Waals surface area contributed by atoms with Crippen LogP contribution in [0, 0.1) is 0 Å². The second-order valence-electron chi connectivity index (χ2n) is 6.00. The van der Waals surface area contributed by atoms with Crippen molar-refractivity contribution in [1.29, 1.82) is 0 Å². The molecule has 0 saturated carbocycles. The van der Waals surface area contributed by atoms with E-state index in [-0.39, 0.29) is 0 Å². The third-order valence-electron chi connectivity index (χ3n) is 4.50. The molecule has 1 atom stereocenters. The van der Waals surface area contributed by atoms with Crippen molar-refractivity contribution in [3.05, 3.63) is 65.5 Å². The number of fused-ring (bicyclic) bond motifs is 1. The van der Waals surface area contributed by atoms with E-state index in [1.54, 1.807) is 6.20 Å². The van der Waals surface area contributed by atoms with Crippen molar-refractivity contribution in [2.24, 2.45) is 0 Å². The molecule has 2 N–H and O–H groups in total. The summed E-state index contributed by atoms with van der Waals surface area (Å²) in [7, 11) is 0. The summed E-state index contributed by atoms with van der Waals surface area (Å²) < 4.78 is 0. The van der Waals surface area contributed by atoms with Gasteiger partial charge in [-0.05, 0) is 29.3 Å². The molecular weight excluding hydrogens is 274 g/mol. The van der Waals surface area contributed by atoms with E-state index in [9.17, 15) is 5.21 Å². The quantitative estimate of drug-likeness (QED) is 0.730. The predicted octanol–water partition coefficient (Wildman–Crippen LogP) is 2.94. The molecule has 0 spiro atoms. The molecule has 0 aliphatic carbocycles. The van der Waals surface area contributed by atoms with Crippen LogP contribution >= 0.6 is 0 Å². The summed E-state index contributed by atoms with van der Waals surface area (Å²) in [6, 6.07) is 14.9. The van der Waals surface area contributed by atoms with Crippen LogP contribution < -0.4 is 5.32 Å². The van der Waals surface area contributed by atoms with Crippen LogP contribution in [0.25, 0.3) is 10.8 Å². The maximum atomic E-state index is 9.73. The minimum atomic E-state index is 0.455. The zero-order valence-corrected chi connectivity index (χ0v) is 12.4. The first kappa shape index (κ1) is 13.3. The first-order chi connectivity index (χ1) is 10.8. The molecule has 3 aromatic rings. The molecule has 1 unspecified atom stereocenters. The fraction of sp³-hybridized carbons (Fsp3) is 0.278. The van der Waals surface area contributed by atoms with Gasteiger partial charge in [0.15, 0.2) is 0 Å². The van der Waals surface area contributed by atoms with E-state index >= 15 is 0 Å². The zero-order valence-electron chi connectivity index (χ0n) is 12.4. The van der Waals surface area contributed by atoms with Crippen molar-refractivity contribution in [3.8, 4) is 0 Å². The Bertz CT molecular complexity index is 803. The largest absolute Gasteiger partial charge is 0.412 e. The Morgan fingerprint density at radius 3 is 2.86 bits per heavy atom. The number of nitrogens with one attached hydrogen (secondary N) is 1. The predicted molar refractivity (Wildman–Crippen MR) is 86.4 cm³/mol. The number of aromatic nitrogens is 2. The Morgan fingerprint density at radius 1 is 1.18 bits per heavy atom. The minimum absolute atomic E-state index is 0.455. The third-order valence-corrected chi connectivity index (χ3v) is 4.50. The van der Waals surface area contributed by atoms with Gasteiger partial charge in [0.05, 0.1) is 11.9 Å². The topological polar surface area (TPSA) is 50.1 Å². The molecule has 1 aliphatic rings. The second kappa shape index (κ2) is 5.46. The van der Waals surface area contributed by atoms with E-state index in [1.165, 1.54) is 21.9 Å². The van der Waals surface area contributed by atoms with Gasteiger partial charge in [-0.3, -0.25) is 0 Å². The van der Waals surface area contributed by atoms with E-state index in [1.807, 2.05) is 0 Å². The van der Waals surface area contributed by atoms with Crippen LogP contribution in [0.15, 0.2) is 48.7 Å². The summed E-state index contributed by atoms with van der Waals surface area (Å²) >= 11 is 0. The van der Waals surface area contributed by atoms with Gasteiger partial charge in [0.2, 0.25) is 0 Å². The van der Waals surface area contributed by atoms with Crippen LogP contribution in [0.4, 0.5) is 0 Å². The van der Waals surface area contributed by atoms with Crippen LogP contribution in [0.2, 0.25) is 0 Å². The van der Waals surface area contributed by atoms with E-state index in [0.717, 1.165) is 36.5 Å². The van der Waals surface area contributed by atoms with Crippen molar-refractivity contribution in [2.75, 3.05) is 13.1 Å². The smallest absolute Gasteiger partial charge is 0.0739 e. The first-order valence-corrected chi connectivity index (χ1v) is 7.76. The number of rotatable bonds is 3. The average Bonchev–Trinajstić information content (AvgIpc) is 3.17. The standard InChI is InChI=1S/C18H19N3O/c22-21-12-17(16-7-8-19-11-16)18(20-21)10-13-5-6-14-3-1-2-4-15(14)9-13/h1-6,9,12,16,19,22H,7-8,10-11H2. The molecular formula is C18H19N3O. The minimum Gasteiger partial charge on any atom is -0.412 e. The molecule has 4 rings (SSSR count). The molecule has 4 nitrogen and oxygen atoms in total. The van der Waals surface area contributed by atoms with E-state index in [2.05, 4.69) is 52.9 Å². The molecule has 0 bridgehead atoms. The van der Waals surface area contributed by atoms with E-state index in [0.29, 0.717) is 5.92 Å².